The first-order valence-electron chi connectivity index (χ1n) is 16.6. The van der Waals surface area contributed by atoms with Crippen molar-refractivity contribution in [3.8, 4) is 0 Å². The molecule has 0 spiro atoms. The van der Waals surface area contributed by atoms with Gasteiger partial charge in [0.1, 0.15) is 0 Å². The molecule has 2 unspecified atom stereocenters. The van der Waals surface area contributed by atoms with Gasteiger partial charge in [-0.15, -0.1) is 0 Å². The Morgan fingerprint density at radius 2 is 1.00 bits per heavy atom. The van der Waals surface area contributed by atoms with Gasteiger partial charge in [-0.3, -0.25) is 19.8 Å². The van der Waals surface area contributed by atoms with E-state index in [9.17, 15) is 9.59 Å². The normalized spacial score (nSPS) is 12.8. The minimum Gasteiger partial charge on any atom is -0.463 e. The van der Waals surface area contributed by atoms with E-state index < -0.39 is 0 Å². The van der Waals surface area contributed by atoms with Crippen molar-refractivity contribution in [1.29, 1.82) is 0 Å². The molecular formula is C40H46N4O4. The van der Waals surface area contributed by atoms with Gasteiger partial charge in [0.25, 0.3) is 0 Å². The van der Waals surface area contributed by atoms with E-state index in [1.165, 1.54) is 23.3 Å². The first-order valence-corrected chi connectivity index (χ1v) is 16.6. The third-order valence-electron chi connectivity index (χ3n) is 7.77. The molecule has 8 nitrogen and oxygen atoms in total. The van der Waals surface area contributed by atoms with Crippen LogP contribution in [0.15, 0.2) is 134 Å². The molecule has 2 atom stereocenters. The van der Waals surface area contributed by atoms with E-state index in [0.29, 0.717) is 52.2 Å². The zero-order chi connectivity index (χ0) is 33.8. The van der Waals surface area contributed by atoms with Gasteiger partial charge in [0.05, 0.1) is 36.7 Å². The fraction of sp³-hybridized carbons (Fsp3) is 0.300. The van der Waals surface area contributed by atoms with Crippen LogP contribution in [-0.2, 0) is 32.2 Å². The number of benzene rings is 2. The molecule has 2 aromatic heterocycles. The highest BCUT2D eigenvalue weighted by Crippen LogP contribution is 2.39. The molecule has 4 rings (SSSR count). The summed E-state index contributed by atoms with van der Waals surface area (Å²) in [5, 5.41) is 0. The highest BCUT2D eigenvalue weighted by atomic mass is 16.5. The minimum atomic E-state index is -0.343. The van der Waals surface area contributed by atoms with Crippen LogP contribution >= 0.6 is 0 Å². The number of pyridine rings is 2. The molecule has 0 aliphatic heterocycles. The van der Waals surface area contributed by atoms with E-state index in [-0.39, 0.29) is 24.0 Å². The summed E-state index contributed by atoms with van der Waals surface area (Å²) in [6, 6.07) is 32.4. The van der Waals surface area contributed by atoms with Crippen molar-refractivity contribution >= 4 is 11.9 Å². The number of esters is 2. The maximum absolute atomic E-state index is 12.1. The summed E-state index contributed by atoms with van der Waals surface area (Å²) in [7, 11) is 0. The Morgan fingerprint density at radius 1 is 0.604 bits per heavy atom. The molecule has 2 heterocycles. The number of rotatable bonds is 19. The number of carbonyl (C=O) groups is 2. The van der Waals surface area contributed by atoms with E-state index in [0.717, 1.165) is 11.4 Å². The summed E-state index contributed by atoms with van der Waals surface area (Å²) in [5.41, 5.74) is 4.16. The van der Waals surface area contributed by atoms with Gasteiger partial charge < -0.3 is 9.47 Å². The monoisotopic (exact) mass is 646 g/mol. The van der Waals surface area contributed by atoms with E-state index in [4.69, 9.17) is 19.4 Å². The molecule has 0 N–H and O–H groups in total. The standard InChI is InChI=1S/C40H46N4O4/c1-3-47-37(45)25-13-17-29-43(31-33-19-7-5-8-20-33)39(35-23-11-15-27-41-35)40(36-24-12-16-28-42-36)44(32-34-21-9-6-10-22-34)30-18-14-26-38(46)48-4-2/h5-16,19-28,39-40H,3-4,17-18,29-32H2,1-2H3/b25-13+,26-14+. The molecule has 250 valence electrons. The second-order valence-corrected chi connectivity index (χ2v) is 11.2. The van der Waals surface area contributed by atoms with Crippen molar-refractivity contribution in [3.05, 3.63) is 156 Å². The van der Waals surface area contributed by atoms with E-state index >= 15 is 0 Å². The lowest BCUT2D eigenvalue weighted by Crippen LogP contribution is -2.42. The molecule has 0 bridgehead atoms. The Kier molecular flexibility index (Phi) is 15.2. The van der Waals surface area contributed by atoms with Gasteiger partial charge in [-0.1, -0.05) is 84.9 Å². The van der Waals surface area contributed by atoms with Gasteiger partial charge in [-0.25, -0.2) is 9.59 Å². The van der Waals surface area contributed by atoms with E-state index in [2.05, 4.69) is 70.5 Å². The third kappa shape index (κ3) is 11.7. The van der Waals surface area contributed by atoms with Crippen LogP contribution < -0.4 is 0 Å². The zero-order valence-corrected chi connectivity index (χ0v) is 27.9. The summed E-state index contributed by atoms with van der Waals surface area (Å²) in [6.45, 7) is 6.88. The smallest absolute Gasteiger partial charge is 0.330 e. The lowest BCUT2D eigenvalue weighted by Gasteiger charge is -2.42. The molecule has 0 aliphatic carbocycles. The van der Waals surface area contributed by atoms with Crippen molar-refractivity contribution in [2.24, 2.45) is 0 Å². The predicted molar refractivity (Wildman–Crippen MR) is 188 cm³/mol. The number of hydrogen-bond donors (Lipinski definition) is 0. The van der Waals surface area contributed by atoms with Crippen LogP contribution in [0.1, 0.15) is 61.3 Å². The minimum absolute atomic E-state index is 0.227. The van der Waals surface area contributed by atoms with Gasteiger partial charge in [0.15, 0.2) is 0 Å². The largest absolute Gasteiger partial charge is 0.463 e. The molecule has 0 amide bonds. The molecular weight excluding hydrogens is 600 g/mol. The van der Waals surface area contributed by atoms with E-state index in [1.54, 1.807) is 13.8 Å². The third-order valence-corrected chi connectivity index (χ3v) is 7.77. The summed E-state index contributed by atoms with van der Waals surface area (Å²) in [6.07, 6.45) is 11.7. The van der Waals surface area contributed by atoms with Gasteiger partial charge in [-0.2, -0.15) is 0 Å². The molecule has 2 aromatic carbocycles. The van der Waals surface area contributed by atoms with Gasteiger partial charge in [0, 0.05) is 50.7 Å². The second-order valence-electron chi connectivity index (χ2n) is 11.2. The molecule has 0 aliphatic rings. The summed E-state index contributed by atoms with van der Waals surface area (Å²) in [4.78, 5) is 39.0. The summed E-state index contributed by atoms with van der Waals surface area (Å²) < 4.78 is 10.2. The van der Waals surface area contributed by atoms with Crippen molar-refractivity contribution < 1.29 is 19.1 Å². The van der Waals surface area contributed by atoms with Crippen molar-refractivity contribution in [2.75, 3.05) is 26.3 Å². The van der Waals surface area contributed by atoms with Crippen molar-refractivity contribution in [1.82, 2.24) is 19.8 Å². The highest BCUT2D eigenvalue weighted by Gasteiger charge is 2.36. The Labute approximate surface area is 284 Å². The maximum atomic E-state index is 12.1. The van der Waals surface area contributed by atoms with Crippen LogP contribution in [0, 0.1) is 0 Å². The topological polar surface area (TPSA) is 84.9 Å². The molecule has 8 heteroatoms. The van der Waals surface area contributed by atoms with Crippen LogP contribution in [-0.4, -0.2) is 58.0 Å². The highest BCUT2D eigenvalue weighted by molar-refractivity contribution is 5.82. The molecule has 0 radical (unpaired) electrons. The van der Waals surface area contributed by atoms with Crippen LogP contribution in [0.4, 0.5) is 0 Å². The lowest BCUT2D eigenvalue weighted by molar-refractivity contribution is -0.138. The molecule has 0 saturated heterocycles. The lowest BCUT2D eigenvalue weighted by atomic mass is 9.94. The number of ether oxygens (including phenoxy) is 2. The molecule has 0 fully saturated rings. The van der Waals surface area contributed by atoms with Crippen LogP contribution in [0.25, 0.3) is 0 Å². The summed E-state index contributed by atoms with van der Waals surface area (Å²) >= 11 is 0. The Bertz CT molecular complexity index is 1430. The Balaban J connectivity index is 1.81. The number of hydrogen-bond acceptors (Lipinski definition) is 8. The number of aromatic nitrogens is 2. The van der Waals surface area contributed by atoms with Crippen LogP contribution in [0.5, 0.6) is 0 Å². The van der Waals surface area contributed by atoms with Gasteiger partial charge >= 0.3 is 11.9 Å². The van der Waals surface area contributed by atoms with Gasteiger partial charge in [0.2, 0.25) is 0 Å². The average Bonchev–Trinajstić information content (AvgIpc) is 3.12. The average molecular weight is 647 g/mol. The Hall–Kier alpha value is -4.92. The number of nitrogens with zero attached hydrogens (tertiary/aromatic N) is 4. The molecule has 48 heavy (non-hydrogen) atoms. The predicted octanol–water partition coefficient (Wildman–Crippen LogP) is 7.28. The van der Waals surface area contributed by atoms with Crippen molar-refractivity contribution in [3.63, 3.8) is 0 Å². The fourth-order valence-corrected chi connectivity index (χ4v) is 5.69. The van der Waals surface area contributed by atoms with Crippen molar-refractivity contribution in [2.45, 2.75) is 51.9 Å². The molecule has 0 saturated carbocycles. The first kappa shape index (κ1) is 35.9. The van der Waals surface area contributed by atoms with E-state index in [1.807, 2.05) is 60.9 Å². The van der Waals surface area contributed by atoms with Gasteiger partial charge in [-0.05, 0) is 62.1 Å². The number of carbonyl (C=O) groups excluding carboxylic acids is 2. The van der Waals surface area contributed by atoms with Crippen LogP contribution in [0.2, 0.25) is 0 Å². The first-order chi connectivity index (χ1) is 23.6. The molecule has 4 aromatic rings. The summed E-state index contributed by atoms with van der Waals surface area (Å²) in [5.74, 6) is -0.686. The quantitative estimate of drug-likeness (QED) is 0.0776. The second kappa shape index (κ2) is 20.3. The van der Waals surface area contributed by atoms with Crippen LogP contribution in [0.3, 0.4) is 0 Å². The maximum Gasteiger partial charge on any atom is 0.330 e. The Morgan fingerprint density at radius 3 is 1.35 bits per heavy atom. The fourth-order valence-electron chi connectivity index (χ4n) is 5.69. The SMILES string of the molecule is CCOC(=O)/C=C/CCN(Cc1ccccc1)C(c1ccccn1)C(c1ccccn1)N(CC/C=C/C(=O)OCC)Cc1ccccc1. The zero-order valence-electron chi connectivity index (χ0n) is 27.9.